The van der Waals surface area contributed by atoms with Crippen molar-refractivity contribution in [3.63, 3.8) is 0 Å². The number of hydrogen-bond acceptors (Lipinski definition) is 1. The predicted octanol–water partition coefficient (Wildman–Crippen LogP) is 2.52. The Hall–Kier alpha value is -1.57. The Morgan fingerprint density at radius 1 is 1.13 bits per heavy atom. The normalized spacial score (nSPS) is 13.5. The Balaban J connectivity index is 2.10. The summed E-state index contributed by atoms with van der Waals surface area (Å²) in [5, 5.41) is 0. The lowest BCUT2D eigenvalue weighted by Crippen LogP contribution is -2.07. The van der Waals surface area contributed by atoms with E-state index in [1.807, 2.05) is 6.92 Å². The molecule has 0 atom stereocenters. The minimum atomic E-state index is 0.981. The lowest BCUT2D eigenvalue weighted by Gasteiger charge is -2.15. The number of nitrogens with one attached hydrogen (secondary N) is 1. The highest BCUT2D eigenvalue weighted by molar-refractivity contribution is 5.42. The fourth-order valence-electron chi connectivity index (χ4n) is 2.34. The van der Waals surface area contributed by atoms with Crippen LogP contribution in [0.2, 0.25) is 0 Å². The van der Waals surface area contributed by atoms with E-state index in [0.29, 0.717) is 0 Å². The third kappa shape index (κ3) is 1.37. The number of rotatable bonds is 0. The van der Waals surface area contributed by atoms with E-state index >= 15 is 0 Å². The molecule has 2 aromatic rings. The maximum absolute atomic E-state index is 4.52. The summed E-state index contributed by atoms with van der Waals surface area (Å²) in [5.74, 6) is 1.03. The summed E-state index contributed by atoms with van der Waals surface area (Å²) < 4.78 is 0. The van der Waals surface area contributed by atoms with Crippen LogP contribution in [-0.4, -0.2) is 9.97 Å². The molecule has 0 amide bonds. The molecule has 1 aromatic heterocycles. The highest BCUT2D eigenvalue weighted by Gasteiger charge is 2.17. The first kappa shape index (κ1) is 8.72. The molecule has 2 nitrogen and oxygen atoms in total. The van der Waals surface area contributed by atoms with Crippen molar-refractivity contribution < 1.29 is 0 Å². The van der Waals surface area contributed by atoms with Crippen molar-refractivity contribution in [2.24, 2.45) is 0 Å². The summed E-state index contributed by atoms with van der Waals surface area (Å²) in [6, 6.07) is 6.70. The maximum atomic E-state index is 4.52. The number of H-pyrrole nitrogens is 1. The van der Waals surface area contributed by atoms with Crippen molar-refractivity contribution in [1.29, 1.82) is 0 Å². The second kappa shape index (κ2) is 2.96. The van der Waals surface area contributed by atoms with Gasteiger partial charge in [-0.3, -0.25) is 0 Å². The Kier molecular flexibility index (Phi) is 1.72. The summed E-state index contributed by atoms with van der Waals surface area (Å²) in [7, 11) is 0. The van der Waals surface area contributed by atoms with Crippen LogP contribution in [0.3, 0.4) is 0 Å². The average Bonchev–Trinajstić information content (AvgIpc) is 2.53. The van der Waals surface area contributed by atoms with Gasteiger partial charge >= 0.3 is 0 Å². The van der Waals surface area contributed by atoms with Gasteiger partial charge in [-0.1, -0.05) is 23.8 Å². The molecule has 1 heterocycles. The van der Waals surface area contributed by atoms with Crippen LogP contribution in [-0.2, 0) is 12.8 Å². The smallest absolute Gasteiger partial charge is 0.103 e. The van der Waals surface area contributed by atoms with Gasteiger partial charge in [0, 0.05) is 18.5 Å². The van der Waals surface area contributed by atoms with Crippen LogP contribution in [0.5, 0.6) is 0 Å². The fraction of sp³-hybridized carbons (Fsp3) is 0.308. The molecule has 15 heavy (non-hydrogen) atoms. The van der Waals surface area contributed by atoms with Crippen LogP contribution in [0.1, 0.15) is 33.9 Å². The quantitative estimate of drug-likeness (QED) is 0.590. The third-order valence-electron chi connectivity index (χ3n) is 3.07. The zero-order valence-electron chi connectivity index (χ0n) is 9.09. The Labute approximate surface area is 89.4 Å². The number of aryl methyl sites for hydroxylation is 2. The van der Waals surface area contributed by atoms with Gasteiger partial charge in [-0.15, -0.1) is 0 Å². The molecule has 76 valence electrons. The molecule has 3 rings (SSSR count). The molecule has 0 unspecified atom stereocenters. The van der Waals surface area contributed by atoms with E-state index in [1.54, 1.807) is 0 Å². The van der Waals surface area contributed by atoms with Crippen molar-refractivity contribution in [2.45, 2.75) is 26.7 Å². The average molecular weight is 198 g/mol. The number of aromatic nitrogens is 2. The minimum Gasteiger partial charge on any atom is -0.346 e. The van der Waals surface area contributed by atoms with Gasteiger partial charge in [-0.05, 0) is 25.0 Å². The summed E-state index contributed by atoms with van der Waals surface area (Å²) in [5.41, 5.74) is 6.74. The van der Waals surface area contributed by atoms with Crippen LogP contribution in [0.4, 0.5) is 0 Å². The predicted molar refractivity (Wildman–Crippen MR) is 60.1 cm³/mol. The molecule has 0 saturated heterocycles. The number of nitrogens with zero attached hydrogens (tertiary/aromatic N) is 1. The van der Waals surface area contributed by atoms with Crippen LogP contribution >= 0.6 is 0 Å². The molecule has 2 heteroatoms. The second-order valence-electron chi connectivity index (χ2n) is 4.37. The van der Waals surface area contributed by atoms with Gasteiger partial charge in [0.1, 0.15) is 5.82 Å². The number of benzene rings is 1. The van der Waals surface area contributed by atoms with Crippen molar-refractivity contribution in [2.75, 3.05) is 0 Å². The molecule has 1 N–H and O–H groups in total. The molecule has 0 bridgehead atoms. The molecule has 1 aliphatic rings. The highest BCUT2D eigenvalue weighted by atomic mass is 14.9. The van der Waals surface area contributed by atoms with Crippen LogP contribution in [0.15, 0.2) is 18.2 Å². The Morgan fingerprint density at radius 3 is 2.87 bits per heavy atom. The van der Waals surface area contributed by atoms with Gasteiger partial charge in [-0.2, -0.15) is 0 Å². The van der Waals surface area contributed by atoms with Crippen molar-refractivity contribution in [1.82, 2.24) is 9.97 Å². The lowest BCUT2D eigenvalue weighted by atomic mass is 9.91. The molecular weight excluding hydrogens is 184 g/mol. The monoisotopic (exact) mass is 198 g/mol. The highest BCUT2D eigenvalue weighted by Crippen LogP contribution is 2.26. The first-order valence-electron chi connectivity index (χ1n) is 5.35. The van der Waals surface area contributed by atoms with E-state index < -0.39 is 0 Å². The van der Waals surface area contributed by atoms with Crippen LogP contribution in [0, 0.1) is 13.8 Å². The standard InChI is InChI=1S/C13H14N2/c1-8-3-4-10-6-12-13(7-11(10)5-8)15-9(2)14-12/h3-5H,6-7H2,1-2H3,(H,14,15). The van der Waals surface area contributed by atoms with Gasteiger partial charge in [0.15, 0.2) is 0 Å². The van der Waals surface area contributed by atoms with Gasteiger partial charge in [0.25, 0.3) is 0 Å². The Bertz CT molecular complexity index is 523. The second-order valence-corrected chi connectivity index (χ2v) is 4.37. The molecular formula is C13H14N2. The molecule has 0 aliphatic heterocycles. The zero-order chi connectivity index (χ0) is 10.4. The van der Waals surface area contributed by atoms with Crippen LogP contribution < -0.4 is 0 Å². The number of fused-ring (bicyclic) bond motifs is 2. The van der Waals surface area contributed by atoms with E-state index in [0.717, 1.165) is 18.7 Å². The first-order chi connectivity index (χ1) is 7.22. The van der Waals surface area contributed by atoms with Crippen molar-refractivity contribution >= 4 is 0 Å². The van der Waals surface area contributed by atoms with Gasteiger partial charge in [0.2, 0.25) is 0 Å². The van der Waals surface area contributed by atoms with E-state index in [9.17, 15) is 0 Å². The van der Waals surface area contributed by atoms with Crippen molar-refractivity contribution in [3.05, 3.63) is 52.1 Å². The summed E-state index contributed by atoms with van der Waals surface area (Å²) in [6.45, 7) is 4.17. The topological polar surface area (TPSA) is 28.7 Å². The molecule has 0 radical (unpaired) electrons. The van der Waals surface area contributed by atoms with E-state index in [1.165, 1.54) is 28.1 Å². The largest absolute Gasteiger partial charge is 0.346 e. The third-order valence-corrected chi connectivity index (χ3v) is 3.07. The van der Waals surface area contributed by atoms with Crippen molar-refractivity contribution in [3.8, 4) is 0 Å². The van der Waals surface area contributed by atoms with Gasteiger partial charge < -0.3 is 4.98 Å². The number of hydrogen-bond donors (Lipinski definition) is 1. The fourth-order valence-corrected chi connectivity index (χ4v) is 2.34. The SMILES string of the molecule is Cc1ccc2c(c1)Cc1[nH]c(C)nc1C2. The maximum Gasteiger partial charge on any atom is 0.103 e. The van der Waals surface area contributed by atoms with E-state index in [-0.39, 0.29) is 0 Å². The molecule has 1 aliphatic carbocycles. The molecule has 1 aromatic carbocycles. The van der Waals surface area contributed by atoms with Gasteiger partial charge in [0.05, 0.1) is 5.69 Å². The van der Waals surface area contributed by atoms with E-state index in [2.05, 4.69) is 35.1 Å². The summed E-state index contributed by atoms with van der Waals surface area (Å²) in [4.78, 5) is 7.86. The summed E-state index contributed by atoms with van der Waals surface area (Å²) in [6.07, 6.45) is 1.99. The zero-order valence-corrected chi connectivity index (χ0v) is 9.09. The number of aromatic amines is 1. The molecule has 0 spiro atoms. The lowest BCUT2D eigenvalue weighted by molar-refractivity contribution is 0.948. The molecule has 0 saturated carbocycles. The minimum absolute atomic E-state index is 0.981. The summed E-state index contributed by atoms with van der Waals surface area (Å²) >= 11 is 0. The van der Waals surface area contributed by atoms with Gasteiger partial charge in [-0.25, -0.2) is 4.98 Å². The Morgan fingerprint density at radius 2 is 2.00 bits per heavy atom. The first-order valence-corrected chi connectivity index (χ1v) is 5.35. The van der Waals surface area contributed by atoms with E-state index in [4.69, 9.17) is 0 Å². The number of imidazole rings is 1. The van der Waals surface area contributed by atoms with Crippen LogP contribution in [0.25, 0.3) is 0 Å². The molecule has 0 fully saturated rings.